The van der Waals surface area contributed by atoms with Gasteiger partial charge in [0, 0.05) is 29.9 Å². The van der Waals surface area contributed by atoms with Crippen molar-refractivity contribution >= 4 is 16.7 Å². The fourth-order valence-corrected chi connectivity index (χ4v) is 3.17. The summed E-state index contributed by atoms with van der Waals surface area (Å²) in [5, 5.41) is 4.25. The van der Waals surface area contributed by atoms with Crippen LogP contribution in [0.25, 0.3) is 33.4 Å². The molecule has 2 aromatic carbocycles. The van der Waals surface area contributed by atoms with Crippen molar-refractivity contribution in [2.24, 2.45) is 0 Å². The lowest BCUT2D eigenvalue weighted by molar-refractivity contribution is 0.419. The number of anilines is 1. The van der Waals surface area contributed by atoms with Crippen LogP contribution in [0.2, 0.25) is 0 Å². The Kier molecular flexibility index (Phi) is 5.33. The molecule has 0 saturated carbocycles. The highest BCUT2D eigenvalue weighted by atomic mass is 19.1. The summed E-state index contributed by atoms with van der Waals surface area (Å²) >= 11 is 0. The second-order valence-electron chi connectivity index (χ2n) is 6.65. The number of ether oxygens (including phenoxy) is 1. The SMILES string of the molecule is CCCNc1nc(-c2cccnc2)nc2c(OC)cc(-c3ccc(F)cc3)cc12. The highest BCUT2D eigenvalue weighted by Gasteiger charge is 2.15. The van der Waals surface area contributed by atoms with Crippen LogP contribution in [-0.2, 0) is 0 Å². The number of methoxy groups -OCH3 is 1. The van der Waals surface area contributed by atoms with Crippen LogP contribution in [0.5, 0.6) is 5.75 Å². The third kappa shape index (κ3) is 3.87. The zero-order valence-electron chi connectivity index (χ0n) is 16.3. The van der Waals surface area contributed by atoms with E-state index in [2.05, 4.69) is 17.2 Å². The van der Waals surface area contributed by atoms with Crippen molar-refractivity contribution in [2.75, 3.05) is 19.0 Å². The molecule has 0 spiro atoms. The minimum Gasteiger partial charge on any atom is -0.494 e. The second-order valence-corrected chi connectivity index (χ2v) is 6.65. The summed E-state index contributed by atoms with van der Waals surface area (Å²) in [4.78, 5) is 13.7. The maximum atomic E-state index is 13.4. The predicted octanol–water partition coefficient (Wildman–Crippen LogP) is 5.33. The summed E-state index contributed by atoms with van der Waals surface area (Å²) in [6, 6.07) is 14.1. The zero-order chi connectivity index (χ0) is 20.2. The number of nitrogens with one attached hydrogen (secondary N) is 1. The Morgan fingerprint density at radius 2 is 1.83 bits per heavy atom. The van der Waals surface area contributed by atoms with E-state index in [1.54, 1.807) is 31.6 Å². The fourth-order valence-electron chi connectivity index (χ4n) is 3.17. The molecule has 146 valence electrons. The molecule has 0 fully saturated rings. The first-order valence-electron chi connectivity index (χ1n) is 9.49. The highest BCUT2D eigenvalue weighted by molar-refractivity contribution is 5.97. The lowest BCUT2D eigenvalue weighted by Gasteiger charge is -2.14. The molecule has 29 heavy (non-hydrogen) atoms. The van der Waals surface area contributed by atoms with Gasteiger partial charge in [-0.3, -0.25) is 4.98 Å². The summed E-state index contributed by atoms with van der Waals surface area (Å²) in [5.74, 6) is 1.68. The number of hydrogen-bond acceptors (Lipinski definition) is 5. The quantitative estimate of drug-likeness (QED) is 0.484. The molecule has 0 atom stereocenters. The van der Waals surface area contributed by atoms with E-state index in [1.165, 1.54) is 12.1 Å². The molecule has 4 rings (SSSR count). The van der Waals surface area contributed by atoms with Crippen molar-refractivity contribution < 1.29 is 9.13 Å². The number of rotatable bonds is 6. The van der Waals surface area contributed by atoms with Crippen molar-refractivity contribution in [1.82, 2.24) is 15.0 Å². The predicted molar refractivity (Wildman–Crippen MR) is 113 cm³/mol. The third-order valence-corrected chi connectivity index (χ3v) is 4.63. The first-order valence-corrected chi connectivity index (χ1v) is 9.49. The Morgan fingerprint density at radius 3 is 2.52 bits per heavy atom. The van der Waals surface area contributed by atoms with Crippen molar-refractivity contribution in [3.63, 3.8) is 0 Å². The van der Waals surface area contributed by atoms with E-state index in [-0.39, 0.29) is 5.82 Å². The van der Waals surface area contributed by atoms with E-state index in [0.29, 0.717) is 17.1 Å². The largest absolute Gasteiger partial charge is 0.494 e. The lowest BCUT2D eigenvalue weighted by atomic mass is 10.0. The van der Waals surface area contributed by atoms with Crippen LogP contribution in [0.4, 0.5) is 10.2 Å². The van der Waals surface area contributed by atoms with Gasteiger partial charge in [-0.1, -0.05) is 19.1 Å². The number of halogens is 1. The molecule has 0 aliphatic heterocycles. The summed E-state index contributed by atoms with van der Waals surface area (Å²) in [5.41, 5.74) is 3.35. The molecule has 0 saturated heterocycles. The van der Waals surface area contributed by atoms with Crippen LogP contribution in [0.1, 0.15) is 13.3 Å². The molecule has 2 aromatic heterocycles. The van der Waals surface area contributed by atoms with Crippen LogP contribution >= 0.6 is 0 Å². The molecule has 0 bridgehead atoms. The van der Waals surface area contributed by atoms with E-state index in [1.807, 2.05) is 24.3 Å². The number of nitrogens with zero attached hydrogens (tertiary/aromatic N) is 3. The molecule has 0 aliphatic carbocycles. The van der Waals surface area contributed by atoms with Gasteiger partial charge < -0.3 is 10.1 Å². The summed E-state index contributed by atoms with van der Waals surface area (Å²) in [6.45, 7) is 2.88. The van der Waals surface area contributed by atoms with Crippen molar-refractivity contribution in [3.8, 4) is 28.3 Å². The van der Waals surface area contributed by atoms with Crippen molar-refractivity contribution in [2.45, 2.75) is 13.3 Å². The average molecular weight is 388 g/mol. The summed E-state index contributed by atoms with van der Waals surface area (Å²) in [6.07, 6.45) is 4.42. The second kappa shape index (κ2) is 8.22. The number of fused-ring (bicyclic) bond motifs is 1. The Hall–Kier alpha value is -3.54. The van der Waals surface area contributed by atoms with Gasteiger partial charge in [0.25, 0.3) is 0 Å². The van der Waals surface area contributed by atoms with Gasteiger partial charge in [-0.2, -0.15) is 0 Å². The van der Waals surface area contributed by atoms with Crippen LogP contribution in [-0.4, -0.2) is 28.6 Å². The van der Waals surface area contributed by atoms with Crippen LogP contribution in [0.3, 0.4) is 0 Å². The maximum absolute atomic E-state index is 13.4. The standard InChI is InChI=1S/C23H21FN4O/c1-3-10-26-23-19-12-17(15-6-8-18(24)9-7-15)13-20(29-2)21(19)27-22(28-23)16-5-4-11-25-14-16/h4-9,11-14H,3,10H2,1-2H3,(H,26,27,28). The van der Waals surface area contributed by atoms with Crippen LogP contribution < -0.4 is 10.1 Å². The zero-order valence-corrected chi connectivity index (χ0v) is 16.3. The van der Waals surface area contributed by atoms with Gasteiger partial charge in [0.05, 0.1) is 7.11 Å². The maximum Gasteiger partial charge on any atom is 0.163 e. The Bertz CT molecular complexity index is 1130. The van der Waals surface area contributed by atoms with Crippen molar-refractivity contribution in [1.29, 1.82) is 0 Å². The van der Waals surface area contributed by atoms with Crippen molar-refractivity contribution in [3.05, 3.63) is 66.7 Å². The van der Waals surface area contributed by atoms with Gasteiger partial charge >= 0.3 is 0 Å². The number of pyridine rings is 1. The minimum atomic E-state index is -0.267. The third-order valence-electron chi connectivity index (χ3n) is 4.63. The summed E-state index contributed by atoms with van der Waals surface area (Å²) < 4.78 is 19.0. The van der Waals surface area contributed by atoms with E-state index >= 15 is 0 Å². The first kappa shape index (κ1) is 18.8. The first-order chi connectivity index (χ1) is 14.2. The molecule has 5 nitrogen and oxygen atoms in total. The normalized spacial score (nSPS) is 10.9. The molecule has 1 N–H and O–H groups in total. The molecule has 0 unspecified atom stereocenters. The van der Waals surface area contributed by atoms with Gasteiger partial charge in [0.2, 0.25) is 0 Å². The number of aromatic nitrogens is 3. The topological polar surface area (TPSA) is 59.9 Å². The van der Waals surface area contributed by atoms with Gasteiger partial charge in [-0.25, -0.2) is 14.4 Å². The molecular formula is C23H21FN4O. The van der Waals surface area contributed by atoms with Gasteiger partial charge in [-0.15, -0.1) is 0 Å². The Labute approximate surface area is 168 Å². The molecule has 0 aliphatic rings. The van der Waals surface area contributed by atoms with Crippen LogP contribution in [0.15, 0.2) is 60.9 Å². The number of benzene rings is 2. The Balaban J connectivity index is 1.94. The van der Waals surface area contributed by atoms with E-state index in [4.69, 9.17) is 14.7 Å². The van der Waals surface area contributed by atoms with Gasteiger partial charge in [0.15, 0.2) is 5.82 Å². The monoisotopic (exact) mass is 388 g/mol. The molecule has 4 aromatic rings. The van der Waals surface area contributed by atoms with Crippen LogP contribution in [0, 0.1) is 5.82 Å². The molecule has 0 amide bonds. The molecule has 6 heteroatoms. The van der Waals surface area contributed by atoms with E-state index < -0.39 is 0 Å². The van der Waals surface area contributed by atoms with Gasteiger partial charge in [-0.05, 0) is 53.9 Å². The lowest BCUT2D eigenvalue weighted by Crippen LogP contribution is -2.05. The molecule has 2 heterocycles. The highest BCUT2D eigenvalue weighted by Crippen LogP contribution is 2.35. The van der Waals surface area contributed by atoms with E-state index in [0.717, 1.165) is 40.9 Å². The minimum absolute atomic E-state index is 0.267. The van der Waals surface area contributed by atoms with E-state index in [9.17, 15) is 4.39 Å². The smallest absolute Gasteiger partial charge is 0.163 e. The fraction of sp³-hybridized carbons (Fsp3) is 0.174. The Morgan fingerprint density at radius 1 is 1.00 bits per heavy atom. The summed E-state index contributed by atoms with van der Waals surface area (Å²) in [7, 11) is 1.62. The molecule has 0 radical (unpaired) electrons. The average Bonchev–Trinajstić information content (AvgIpc) is 2.77. The molecular weight excluding hydrogens is 367 g/mol. The number of hydrogen-bond donors (Lipinski definition) is 1. The van der Waals surface area contributed by atoms with Gasteiger partial charge in [0.1, 0.15) is 22.9 Å².